The predicted molar refractivity (Wildman–Crippen MR) is 72.4 cm³/mol. The number of ether oxygens (including phenoxy) is 2. The molecular weight excluding hydrogens is 232 g/mol. The van der Waals surface area contributed by atoms with Crippen molar-refractivity contribution in [3.63, 3.8) is 0 Å². The normalized spacial score (nSPS) is 14.6. The van der Waals surface area contributed by atoms with E-state index in [1.54, 1.807) is 21.0 Å². The van der Waals surface area contributed by atoms with Gasteiger partial charge in [0, 0.05) is 13.7 Å². The Morgan fingerprint density at radius 1 is 1.33 bits per heavy atom. The highest BCUT2D eigenvalue weighted by Crippen LogP contribution is 2.11. The molecule has 5 heteroatoms. The van der Waals surface area contributed by atoms with Crippen LogP contribution in [0.3, 0.4) is 0 Å². The molecule has 0 spiro atoms. The molecule has 18 heavy (non-hydrogen) atoms. The number of carbonyl (C=O) groups excluding carboxylic acids is 1. The molecule has 0 radical (unpaired) electrons. The first kappa shape index (κ1) is 17.4. The number of esters is 1. The number of rotatable bonds is 10. The highest BCUT2D eigenvalue weighted by atomic mass is 16.5. The summed E-state index contributed by atoms with van der Waals surface area (Å²) in [4.78, 5) is 13.9. The zero-order chi connectivity index (χ0) is 14.0. The molecule has 0 amide bonds. The highest BCUT2D eigenvalue weighted by molar-refractivity contribution is 5.79. The molecule has 1 atom stereocenters. The predicted octanol–water partition coefficient (Wildman–Crippen LogP) is 1.02. The van der Waals surface area contributed by atoms with E-state index in [-0.39, 0.29) is 5.97 Å². The van der Waals surface area contributed by atoms with Gasteiger partial charge >= 0.3 is 5.97 Å². The summed E-state index contributed by atoms with van der Waals surface area (Å²) in [5.41, 5.74) is 5.08. The van der Waals surface area contributed by atoms with Gasteiger partial charge in [-0.05, 0) is 39.8 Å². The molecule has 2 N–H and O–H groups in total. The Kier molecular flexibility index (Phi) is 8.97. The standard InChI is InChI=1S/C13H28N2O3/c1-5-15(10-11-17-4)9-7-8-13(3,14)12(16)18-6-2/h5-11,14H2,1-4H3. The van der Waals surface area contributed by atoms with Crippen molar-refractivity contribution >= 4 is 5.97 Å². The van der Waals surface area contributed by atoms with Gasteiger partial charge in [0.15, 0.2) is 0 Å². The maximum Gasteiger partial charge on any atom is 0.325 e. The molecule has 0 aliphatic heterocycles. The smallest absolute Gasteiger partial charge is 0.325 e. The van der Waals surface area contributed by atoms with Gasteiger partial charge < -0.3 is 20.1 Å². The minimum Gasteiger partial charge on any atom is -0.465 e. The number of hydrogen-bond donors (Lipinski definition) is 1. The van der Waals surface area contributed by atoms with Crippen LogP contribution in [0.5, 0.6) is 0 Å². The lowest BCUT2D eigenvalue weighted by molar-refractivity contribution is -0.149. The quantitative estimate of drug-likeness (QED) is 0.594. The number of methoxy groups -OCH3 is 1. The highest BCUT2D eigenvalue weighted by Gasteiger charge is 2.29. The zero-order valence-electron chi connectivity index (χ0n) is 12.2. The van der Waals surface area contributed by atoms with E-state index in [0.29, 0.717) is 13.0 Å². The van der Waals surface area contributed by atoms with Crippen LogP contribution in [0.1, 0.15) is 33.6 Å². The van der Waals surface area contributed by atoms with Crippen molar-refractivity contribution in [1.82, 2.24) is 4.90 Å². The molecule has 108 valence electrons. The Bertz CT molecular complexity index is 232. The summed E-state index contributed by atoms with van der Waals surface area (Å²) >= 11 is 0. The van der Waals surface area contributed by atoms with Crippen LogP contribution in [0.4, 0.5) is 0 Å². The van der Waals surface area contributed by atoms with Gasteiger partial charge in [-0.3, -0.25) is 4.79 Å². The van der Waals surface area contributed by atoms with E-state index in [0.717, 1.165) is 32.7 Å². The largest absolute Gasteiger partial charge is 0.465 e. The maximum atomic E-state index is 11.6. The minimum absolute atomic E-state index is 0.315. The van der Waals surface area contributed by atoms with Crippen molar-refractivity contribution in [3.8, 4) is 0 Å². The number of nitrogens with zero attached hydrogens (tertiary/aromatic N) is 1. The van der Waals surface area contributed by atoms with Gasteiger partial charge in [-0.2, -0.15) is 0 Å². The van der Waals surface area contributed by atoms with Crippen LogP contribution < -0.4 is 5.73 Å². The monoisotopic (exact) mass is 260 g/mol. The van der Waals surface area contributed by atoms with Crippen molar-refractivity contribution < 1.29 is 14.3 Å². The number of nitrogens with two attached hydrogens (primary N) is 1. The van der Waals surface area contributed by atoms with Crippen molar-refractivity contribution in [3.05, 3.63) is 0 Å². The topological polar surface area (TPSA) is 64.8 Å². The van der Waals surface area contributed by atoms with Crippen LogP contribution in [-0.2, 0) is 14.3 Å². The Morgan fingerprint density at radius 3 is 2.50 bits per heavy atom. The molecule has 0 bridgehead atoms. The van der Waals surface area contributed by atoms with Gasteiger partial charge in [0.1, 0.15) is 5.54 Å². The Balaban J connectivity index is 3.96. The second kappa shape index (κ2) is 9.30. The molecule has 0 rings (SSSR count). The third-order valence-corrected chi connectivity index (χ3v) is 2.97. The molecule has 5 nitrogen and oxygen atoms in total. The van der Waals surface area contributed by atoms with E-state index in [2.05, 4.69) is 11.8 Å². The Morgan fingerprint density at radius 2 is 2.00 bits per heavy atom. The van der Waals surface area contributed by atoms with Crippen LogP contribution in [-0.4, -0.2) is 56.4 Å². The average molecular weight is 260 g/mol. The lowest BCUT2D eigenvalue weighted by atomic mass is 9.97. The SMILES string of the molecule is CCOC(=O)C(C)(N)CCCN(CC)CCOC. The van der Waals surface area contributed by atoms with E-state index in [1.165, 1.54) is 0 Å². The molecular formula is C13H28N2O3. The third-order valence-electron chi connectivity index (χ3n) is 2.97. The molecule has 0 aromatic carbocycles. The Hall–Kier alpha value is -0.650. The summed E-state index contributed by atoms with van der Waals surface area (Å²) in [5.74, 6) is -0.315. The van der Waals surface area contributed by atoms with Gasteiger partial charge in [0.25, 0.3) is 0 Å². The van der Waals surface area contributed by atoms with Gasteiger partial charge in [-0.25, -0.2) is 0 Å². The summed E-state index contributed by atoms with van der Waals surface area (Å²) in [6.45, 7) is 9.55. The van der Waals surface area contributed by atoms with Crippen molar-refractivity contribution in [2.24, 2.45) is 5.73 Å². The van der Waals surface area contributed by atoms with Crippen LogP contribution in [0.25, 0.3) is 0 Å². The van der Waals surface area contributed by atoms with E-state index in [9.17, 15) is 4.79 Å². The fourth-order valence-electron chi connectivity index (χ4n) is 1.72. The fourth-order valence-corrected chi connectivity index (χ4v) is 1.72. The molecule has 0 aliphatic rings. The molecule has 0 aromatic heterocycles. The van der Waals surface area contributed by atoms with Gasteiger partial charge in [0.2, 0.25) is 0 Å². The molecule has 0 saturated carbocycles. The number of carbonyl (C=O) groups is 1. The van der Waals surface area contributed by atoms with Crippen molar-refractivity contribution in [1.29, 1.82) is 0 Å². The maximum absolute atomic E-state index is 11.6. The fraction of sp³-hybridized carbons (Fsp3) is 0.923. The lowest BCUT2D eigenvalue weighted by Crippen LogP contribution is -2.46. The zero-order valence-corrected chi connectivity index (χ0v) is 12.2. The number of likely N-dealkylation sites (N-methyl/N-ethyl adjacent to an activating group) is 1. The van der Waals surface area contributed by atoms with Crippen molar-refractivity contribution in [2.75, 3.05) is 40.0 Å². The summed E-state index contributed by atoms with van der Waals surface area (Å²) < 4.78 is 10.0. The number of hydrogen-bond acceptors (Lipinski definition) is 5. The van der Waals surface area contributed by atoms with E-state index in [4.69, 9.17) is 15.2 Å². The van der Waals surface area contributed by atoms with Crippen LogP contribution >= 0.6 is 0 Å². The first-order chi connectivity index (χ1) is 8.47. The Labute approximate surface area is 111 Å². The molecule has 0 fully saturated rings. The van der Waals surface area contributed by atoms with Gasteiger partial charge in [0.05, 0.1) is 13.2 Å². The van der Waals surface area contributed by atoms with Crippen LogP contribution in [0, 0.1) is 0 Å². The third kappa shape index (κ3) is 6.93. The van der Waals surface area contributed by atoms with E-state index in [1.807, 2.05) is 0 Å². The summed E-state index contributed by atoms with van der Waals surface area (Å²) in [6.07, 6.45) is 1.51. The summed E-state index contributed by atoms with van der Waals surface area (Å²) in [5, 5.41) is 0. The second-order valence-corrected chi connectivity index (χ2v) is 4.67. The minimum atomic E-state index is -0.878. The molecule has 1 unspecified atom stereocenters. The molecule has 0 aliphatic carbocycles. The average Bonchev–Trinajstić information content (AvgIpc) is 2.33. The van der Waals surface area contributed by atoms with E-state index >= 15 is 0 Å². The van der Waals surface area contributed by atoms with Crippen LogP contribution in [0.15, 0.2) is 0 Å². The van der Waals surface area contributed by atoms with Crippen molar-refractivity contribution in [2.45, 2.75) is 39.2 Å². The van der Waals surface area contributed by atoms with Gasteiger partial charge in [-0.1, -0.05) is 6.92 Å². The summed E-state index contributed by atoms with van der Waals surface area (Å²) in [6, 6.07) is 0. The molecule has 0 saturated heterocycles. The molecule has 0 heterocycles. The molecule has 0 aromatic rings. The first-order valence-electron chi connectivity index (χ1n) is 6.65. The first-order valence-corrected chi connectivity index (χ1v) is 6.65. The van der Waals surface area contributed by atoms with Gasteiger partial charge in [-0.15, -0.1) is 0 Å². The van der Waals surface area contributed by atoms with Crippen LogP contribution in [0.2, 0.25) is 0 Å². The lowest BCUT2D eigenvalue weighted by Gasteiger charge is -2.25. The second-order valence-electron chi connectivity index (χ2n) is 4.67. The summed E-state index contributed by atoms with van der Waals surface area (Å²) in [7, 11) is 1.70. The van der Waals surface area contributed by atoms with E-state index < -0.39 is 5.54 Å².